The lowest BCUT2D eigenvalue weighted by Gasteiger charge is -2.40. The molecule has 434 valence electrons. The molecule has 1 heterocycles. The first-order valence-corrected chi connectivity index (χ1v) is 29.5. The van der Waals surface area contributed by atoms with E-state index in [1.807, 2.05) is 0 Å². The van der Waals surface area contributed by atoms with E-state index in [1.165, 1.54) is 0 Å². The van der Waals surface area contributed by atoms with Crippen molar-refractivity contribution in [2.24, 2.45) is 0 Å². The van der Waals surface area contributed by atoms with Gasteiger partial charge in [-0.15, -0.1) is 0 Å². The van der Waals surface area contributed by atoms with Crippen LogP contribution in [-0.4, -0.2) is 89.2 Å². The fourth-order valence-corrected chi connectivity index (χ4v) is 8.03. The van der Waals surface area contributed by atoms with Crippen molar-refractivity contribution in [3.8, 4) is 0 Å². The Labute approximate surface area is 465 Å². The number of hydrogen-bond donors (Lipinski definition) is 3. The number of carboxylic acids is 1. The summed E-state index contributed by atoms with van der Waals surface area (Å²) in [5.41, 5.74) is 0. The molecule has 0 amide bonds. The molecule has 1 aliphatic heterocycles. The average molecular weight is 1080 g/mol. The van der Waals surface area contributed by atoms with Crippen LogP contribution in [0.15, 0.2) is 122 Å². The lowest BCUT2D eigenvalue weighted by molar-refractivity contribution is -0.301. The van der Waals surface area contributed by atoms with Crippen LogP contribution in [0.3, 0.4) is 0 Å². The number of rotatable bonds is 48. The summed E-state index contributed by atoms with van der Waals surface area (Å²) in [6, 6.07) is 0. The molecule has 12 heteroatoms. The molecule has 0 aromatic rings. The van der Waals surface area contributed by atoms with Crippen LogP contribution in [0.25, 0.3) is 0 Å². The number of aliphatic hydroxyl groups excluding tert-OH is 2. The molecule has 1 saturated heterocycles. The number of hydrogen-bond acceptors (Lipinski definition) is 11. The quantitative estimate of drug-likeness (QED) is 0.0228. The Hall–Kier alpha value is -4.88. The Morgan fingerprint density at radius 2 is 0.818 bits per heavy atom. The number of carboxylic acid groups (broad SMARTS) is 1. The molecule has 0 radical (unpaired) electrons. The fourth-order valence-electron chi connectivity index (χ4n) is 8.03. The molecule has 0 aromatic heterocycles. The molecule has 0 spiro atoms. The van der Waals surface area contributed by atoms with E-state index in [2.05, 4.69) is 142 Å². The van der Waals surface area contributed by atoms with Crippen LogP contribution in [0.2, 0.25) is 0 Å². The first-order chi connectivity index (χ1) is 37.6. The zero-order chi connectivity index (χ0) is 56.1. The lowest BCUT2D eigenvalue weighted by Crippen LogP contribution is -2.61. The van der Waals surface area contributed by atoms with Crippen molar-refractivity contribution in [3.63, 3.8) is 0 Å². The van der Waals surface area contributed by atoms with Gasteiger partial charge in [0.15, 0.2) is 24.6 Å². The predicted octanol–water partition coefficient (Wildman–Crippen LogP) is 15.2. The van der Waals surface area contributed by atoms with Gasteiger partial charge in [0.25, 0.3) is 0 Å². The van der Waals surface area contributed by atoms with Gasteiger partial charge in [-0.2, -0.15) is 0 Å². The van der Waals surface area contributed by atoms with Crippen molar-refractivity contribution in [2.75, 3.05) is 13.2 Å². The maximum atomic E-state index is 13.2. The summed E-state index contributed by atoms with van der Waals surface area (Å²) in [6.45, 7) is 5.64. The minimum Gasteiger partial charge on any atom is -0.479 e. The van der Waals surface area contributed by atoms with E-state index >= 15 is 0 Å². The summed E-state index contributed by atoms with van der Waals surface area (Å²) < 4.78 is 28.4. The van der Waals surface area contributed by atoms with E-state index in [4.69, 9.17) is 23.7 Å². The summed E-state index contributed by atoms with van der Waals surface area (Å²) >= 11 is 0. The number of aliphatic hydroxyl groups is 2. The molecule has 0 bridgehead atoms. The summed E-state index contributed by atoms with van der Waals surface area (Å²) in [5, 5.41) is 31.5. The van der Waals surface area contributed by atoms with Gasteiger partial charge in [-0.1, -0.05) is 194 Å². The zero-order valence-electron chi connectivity index (χ0n) is 47.7. The summed E-state index contributed by atoms with van der Waals surface area (Å²) in [4.78, 5) is 51.1. The largest absolute Gasteiger partial charge is 0.479 e. The Morgan fingerprint density at radius 1 is 0.442 bits per heavy atom. The van der Waals surface area contributed by atoms with Crippen molar-refractivity contribution in [3.05, 3.63) is 122 Å². The van der Waals surface area contributed by atoms with Gasteiger partial charge in [0.2, 0.25) is 0 Å². The number of aliphatic carboxylic acids is 1. The standard InChI is InChI=1S/C65H102O12/c1-4-7-10-13-16-19-22-25-27-29-31-34-36-39-42-45-48-51-57(66)73-54-56(75-58(67)52-49-46-43-40-38-35-32-30-28-26-23-20-17-14-11-8-5-2)55-74-65-63(61(70)60(69)62(77-65)64(71)72)76-59(68)53-50-47-44-41-37-33-24-21-18-15-12-9-6-3/h7-8,10-12,15-17,19-21,24-28,31-32,34-35,56,60-63,65,69-70H,4-6,9,13-14,18,22-23,29-30,33,36-55H2,1-3H3,(H,71,72)/b10-7-,11-8-,15-12-,19-16-,20-17-,24-21-,27-25-,28-26-,34-31-,35-32-. The van der Waals surface area contributed by atoms with Crippen LogP contribution in [0.1, 0.15) is 213 Å². The van der Waals surface area contributed by atoms with Crippen molar-refractivity contribution in [1.29, 1.82) is 0 Å². The Morgan fingerprint density at radius 3 is 1.25 bits per heavy atom. The summed E-state index contributed by atoms with van der Waals surface area (Å²) in [5.74, 6) is -3.22. The Balaban J connectivity index is 2.75. The third-order valence-corrected chi connectivity index (χ3v) is 12.5. The topological polar surface area (TPSA) is 175 Å². The molecule has 1 fully saturated rings. The maximum absolute atomic E-state index is 13.2. The Bertz CT molecular complexity index is 1800. The van der Waals surface area contributed by atoms with Crippen LogP contribution < -0.4 is 0 Å². The smallest absolute Gasteiger partial charge is 0.335 e. The Kier molecular flexibility index (Phi) is 47.2. The minimum absolute atomic E-state index is 0.0320. The van der Waals surface area contributed by atoms with Gasteiger partial charge in [-0.25, -0.2) is 4.79 Å². The fraction of sp³-hybridized carbons (Fsp3) is 0.631. The van der Waals surface area contributed by atoms with Crippen molar-refractivity contribution in [2.45, 2.75) is 250 Å². The highest BCUT2D eigenvalue weighted by Gasteiger charge is 2.50. The molecule has 6 unspecified atom stereocenters. The minimum atomic E-state index is -1.92. The average Bonchev–Trinajstić information content (AvgIpc) is 3.42. The van der Waals surface area contributed by atoms with Gasteiger partial charge in [-0.3, -0.25) is 14.4 Å². The normalized spacial score (nSPS) is 18.9. The third kappa shape index (κ3) is 41.8. The number of carbonyl (C=O) groups excluding carboxylic acids is 3. The molecule has 0 saturated carbocycles. The first kappa shape index (κ1) is 70.1. The molecule has 0 aliphatic carbocycles. The zero-order valence-corrected chi connectivity index (χ0v) is 47.7. The van der Waals surface area contributed by atoms with Crippen LogP contribution in [0, 0.1) is 0 Å². The van der Waals surface area contributed by atoms with Gasteiger partial charge in [0, 0.05) is 19.3 Å². The maximum Gasteiger partial charge on any atom is 0.335 e. The highest BCUT2D eigenvalue weighted by Crippen LogP contribution is 2.26. The van der Waals surface area contributed by atoms with E-state index < -0.39 is 67.3 Å². The van der Waals surface area contributed by atoms with E-state index in [0.29, 0.717) is 19.3 Å². The summed E-state index contributed by atoms with van der Waals surface area (Å²) in [6.07, 6.45) is 58.8. The number of esters is 3. The van der Waals surface area contributed by atoms with Gasteiger partial charge in [0.1, 0.15) is 18.8 Å². The number of carbonyl (C=O) groups is 4. The van der Waals surface area contributed by atoms with Gasteiger partial charge in [-0.05, 0) is 122 Å². The number of allylic oxidation sites excluding steroid dienone is 20. The molecular formula is C65H102O12. The molecule has 1 aliphatic rings. The van der Waals surface area contributed by atoms with E-state index in [0.717, 1.165) is 154 Å². The van der Waals surface area contributed by atoms with Crippen molar-refractivity contribution < 1.29 is 58.2 Å². The van der Waals surface area contributed by atoms with Crippen LogP contribution >= 0.6 is 0 Å². The van der Waals surface area contributed by atoms with Crippen LogP contribution in [-0.2, 0) is 42.9 Å². The molecule has 0 aromatic carbocycles. The van der Waals surface area contributed by atoms with Crippen molar-refractivity contribution >= 4 is 23.9 Å². The molecule has 1 rings (SSSR count). The molecule has 6 atom stereocenters. The second kappa shape index (κ2) is 51.9. The third-order valence-electron chi connectivity index (χ3n) is 12.5. The highest BCUT2D eigenvalue weighted by molar-refractivity contribution is 5.74. The monoisotopic (exact) mass is 1070 g/mol. The highest BCUT2D eigenvalue weighted by atomic mass is 16.7. The predicted molar refractivity (Wildman–Crippen MR) is 312 cm³/mol. The van der Waals surface area contributed by atoms with Crippen LogP contribution in [0.5, 0.6) is 0 Å². The van der Waals surface area contributed by atoms with Gasteiger partial charge in [0.05, 0.1) is 6.61 Å². The summed E-state index contributed by atoms with van der Waals surface area (Å²) in [7, 11) is 0. The van der Waals surface area contributed by atoms with E-state index in [-0.39, 0.29) is 25.9 Å². The molecule has 3 N–H and O–H groups in total. The van der Waals surface area contributed by atoms with E-state index in [9.17, 15) is 34.5 Å². The molecular weight excluding hydrogens is 973 g/mol. The van der Waals surface area contributed by atoms with Crippen LogP contribution in [0.4, 0.5) is 0 Å². The van der Waals surface area contributed by atoms with E-state index in [1.54, 1.807) is 0 Å². The SMILES string of the molecule is CC/C=C\C/C=C\C/C=C\C/C=C\CCCCCCC(=O)OCC(COC1OC(C(=O)O)C(O)C(O)C1OC(=O)CCCCCCC/C=C\C/C=C\CCC)OC(=O)CCCCCC/C=C\C/C=C\C/C=C\C/C=C\CC. The number of ether oxygens (including phenoxy) is 5. The van der Waals surface area contributed by atoms with Crippen molar-refractivity contribution in [1.82, 2.24) is 0 Å². The second-order valence-corrected chi connectivity index (χ2v) is 19.5. The number of unbranched alkanes of at least 4 members (excludes halogenated alkanes) is 14. The lowest BCUT2D eigenvalue weighted by atomic mass is 9.98. The molecule has 77 heavy (non-hydrogen) atoms. The van der Waals surface area contributed by atoms with Gasteiger partial charge >= 0.3 is 23.9 Å². The first-order valence-electron chi connectivity index (χ1n) is 29.5. The second-order valence-electron chi connectivity index (χ2n) is 19.5. The molecule has 12 nitrogen and oxygen atoms in total. The van der Waals surface area contributed by atoms with Gasteiger partial charge < -0.3 is 39.0 Å².